The van der Waals surface area contributed by atoms with Crippen LogP contribution in [0.3, 0.4) is 0 Å². The van der Waals surface area contributed by atoms with Crippen molar-refractivity contribution in [3.8, 4) is 0 Å². The van der Waals surface area contributed by atoms with Gasteiger partial charge in [0.05, 0.1) is 18.0 Å². The van der Waals surface area contributed by atoms with Gasteiger partial charge in [0.1, 0.15) is 5.82 Å². The lowest BCUT2D eigenvalue weighted by Gasteiger charge is -2.16. The third kappa shape index (κ3) is 5.02. The van der Waals surface area contributed by atoms with Crippen molar-refractivity contribution in [2.75, 3.05) is 0 Å². The number of hydrogen-bond acceptors (Lipinski definition) is 4. The van der Waals surface area contributed by atoms with Crippen LogP contribution in [0.1, 0.15) is 16.7 Å². The quantitative estimate of drug-likeness (QED) is 0.423. The molecule has 0 unspecified atom stereocenters. The van der Waals surface area contributed by atoms with Gasteiger partial charge in [0.2, 0.25) is 5.91 Å². The molecule has 6 heteroatoms. The zero-order valence-corrected chi connectivity index (χ0v) is 17.0. The summed E-state index contributed by atoms with van der Waals surface area (Å²) in [5.74, 6) is -0.297. The normalized spacial score (nSPS) is 17.9. The monoisotopic (exact) mass is 417 g/mol. The van der Waals surface area contributed by atoms with Crippen LogP contribution in [0, 0.1) is 5.82 Å². The number of halogens is 1. The molecule has 0 saturated carbocycles. The molecule has 3 aromatic rings. The van der Waals surface area contributed by atoms with Gasteiger partial charge in [-0.1, -0.05) is 84.6 Å². The third-order valence-electron chi connectivity index (χ3n) is 4.69. The molecule has 0 radical (unpaired) electrons. The number of nitrogens with zero attached hydrogens (tertiary/aromatic N) is 3. The minimum absolute atomic E-state index is 0.0122. The predicted octanol–water partition coefficient (Wildman–Crippen LogP) is 4.90. The minimum atomic E-state index is -0.315. The Morgan fingerprint density at radius 1 is 0.900 bits per heavy atom. The molecule has 150 valence electrons. The van der Waals surface area contributed by atoms with Crippen LogP contribution in [0.25, 0.3) is 0 Å². The lowest BCUT2D eigenvalue weighted by Crippen LogP contribution is -2.32. The van der Waals surface area contributed by atoms with Crippen molar-refractivity contribution in [1.82, 2.24) is 4.90 Å². The summed E-state index contributed by atoms with van der Waals surface area (Å²) in [5, 5.41) is 8.81. The Labute approximate surface area is 179 Å². The van der Waals surface area contributed by atoms with Gasteiger partial charge in [0.25, 0.3) is 0 Å². The van der Waals surface area contributed by atoms with E-state index in [0.717, 1.165) is 16.7 Å². The van der Waals surface area contributed by atoms with Gasteiger partial charge in [0, 0.05) is 0 Å². The van der Waals surface area contributed by atoms with Crippen molar-refractivity contribution in [2.45, 2.75) is 18.2 Å². The Balaban J connectivity index is 1.56. The molecule has 0 aromatic heterocycles. The smallest absolute Gasteiger partial charge is 0.242 e. The lowest BCUT2D eigenvalue weighted by molar-refractivity contribution is -0.126. The van der Waals surface area contributed by atoms with E-state index >= 15 is 0 Å². The fourth-order valence-corrected chi connectivity index (χ4v) is 4.28. The van der Waals surface area contributed by atoms with Gasteiger partial charge in [-0.25, -0.2) is 4.39 Å². The number of thioether (sulfide) groups is 1. The van der Waals surface area contributed by atoms with Crippen molar-refractivity contribution >= 4 is 29.1 Å². The second kappa shape index (κ2) is 9.50. The van der Waals surface area contributed by atoms with Crippen LogP contribution in [-0.2, 0) is 17.8 Å². The van der Waals surface area contributed by atoms with Crippen molar-refractivity contribution in [1.29, 1.82) is 0 Å². The summed E-state index contributed by atoms with van der Waals surface area (Å²) in [6.07, 6.45) is 2.18. The van der Waals surface area contributed by atoms with Crippen LogP contribution in [0.15, 0.2) is 95.1 Å². The van der Waals surface area contributed by atoms with Crippen LogP contribution in [0.2, 0.25) is 0 Å². The third-order valence-corrected chi connectivity index (χ3v) is 5.85. The lowest BCUT2D eigenvalue weighted by atomic mass is 10.1. The molecule has 1 saturated heterocycles. The van der Waals surface area contributed by atoms with Crippen molar-refractivity contribution in [3.63, 3.8) is 0 Å². The van der Waals surface area contributed by atoms with Crippen LogP contribution < -0.4 is 0 Å². The highest BCUT2D eigenvalue weighted by atomic mass is 32.2. The molecule has 4 rings (SSSR count). The van der Waals surface area contributed by atoms with E-state index in [9.17, 15) is 9.18 Å². The highest BCUT2D eigenvalue weighted by Crippen LogP contribution is 2.31. The van der Waals surface area contributed by atoms with E-state index in [1.807, 2.05) is 60.7 Å². The summed E-state index contributed by atoms with van der Waals surface area (Å²) in [7, 11) is 0. The molecule has 1 aliphatic heterocycles. The van der Waals surface area contributed by atoms with Gasteiger partial charge in [-0.2, -0.15) is 5.10 Å². The SMILES string of the molecule is O=C1[C@H](Cc2ccc(F)cc2)S/C(=N\N=C/c2ccccc2)N1Cc1ccccc1. The van der Waals surface area contributed by atoms with Gasteiger partial charge in [-0.3, -0.25) is 9.69 Å². The molecule has 0 N–H and O–H groups in total. The first kappa shape index (κ1) is 20.0. The van der Waals surface area contributed by atoms with Crippen LogP contribution in [-0.4, -0.2) is 27.4 Å². The molecule has 0 aliphatic carbocycles. The number of carbonyl (C=O) groups is 1. The van der Waals surface area contributed by atoms with Gasteiger partial charge in [-0.15, -0.1) is 5.10 Å². The second-order valence-electron chi connectivity index (χ2n) is 6.88. The Morgan fingerprint density at radius 2 is 1.57 bits per heavy atom. The largest absolute Gasteiger partial charge is 0.284 e. The summed E-state index contributed by atoms with van der Waals surface area (Å²) in [5.41, 5.74) is 2.87. The maximum atomic E-state index is 13.2. The molecule has 1 atom stereocenters. The van der Waals surface area contributed by atoms with E-state index in [4.69, 9.17) is 0 Å². The van der Waals surface area contributed by atoms with E-state index in [1.54, 1.807) is 23.2 Å². The van der Waals surface area contributed by atoms with Crippen molar-refractivity contribution < 1.29 is 9.18 Å². The van der Waals surface area contributed by atoms with E-state index < -0.39 is 0 Å². The summed E-state index contributed by atoms with van der Waals surface area (Å²) in [6.45, 7) is 0.437. The fourth-order valence-electron chi connectivity index (χ4n) is 3.15. The van der Waals surface area contributed by atoms with E-state index in [2.05, 4.69) is 10.2 Å². The maximum absolute atomic E-state index is 13.2. The maximum Gasteiger partial charge on any atom is 0.242 e. The first-order chi connectivity index (χ1) is 14.7. The highest BCUT2D eigenvalue weighted by molar-refractivity contribution is 8.15. The Bertz CT molecular complexity index is 1050. The Kier molecular flexibility index (Phi) is 6.35. The Hall–Kier alpha value is -3.25. The molecule has 0 bridgehead atoms. The molecular weight excluding hydrogens is 397 g/mol. The van der Waals surface area contributed by atoms with Crippen molar-refractivity contribution in [3.05, 3.63) is 107 Å². The summed E-state index contributed by atoms with van der Waals surface area (Å²) >= 11 is 1.40. The van der Waals surface area contributed by atoms with Crippen LogP contribution in [0.4, 0.5) is 4.39 Å². The fraction of sp³-hybridized carbons (Fsp3) is 0.125. The molecule has 1 heterocycles. The number of carbonyl (C=O) groups excluding carboxylic acids is 1. The van der Waals surface area contributed by atoms with E-state index in [-0.39, 0.29) is 17.0 Å². The number of benzene rings is 3. The first-order valence-corrected chi connectivity index (χ1v) is 10.5. The zero-order valence-electron chi connectivity index (χ0n) is 16.2. The molecule has 1 amide bonds. The molecule has 0 spiro atoms. The second-order valence-corrected chi connectivity index (χ2v) is 8.05. The van der Waals surface area contributed by atoms with Crippen LogP contribution >= 0.6 is 11.8 Å². The average molecular weight is 418 g/mol. The van der Waals surface area contributed by atoms with E-state index in [1.165, 1.54) is 23.9 Å². The summed E-state index contributed by atoms with van der Waals surface area (Å²) in [6, 6.07) is 25.8. The molecule has 3 aromatic carbocycles. The minimum Gasteiger partial charge on any atom is -0.284 e. The highest BCUT2D eigenvalue weighted by Gasteiger charge is 2.38. The topological polar surface area (TPSA) is 45.0 Å². The van der Waals surface area contributed by atoms with Gasteiger partial charge < -0.3 is 0 Å². The molecule has 1 aliphatic rings. The molecular formula is C24H20FN3OS. The zero-order chi connectivity index (χ0) is 20.8. The first-order valence-electron chi connectivity index (χ1n) is 9.61. The van der Waals surface area contributed by atoms with Gasteiger partial charge in [0.15, 0.2) is 5.17 Å². The summed E-state index contributed by atoms with van der Waals surface area (Å²) < 4.78 is 13.2. The number of amides is 1. The predicted molar refractivity (Wildman–Crippen MR) is 120 cm³/mol. The molecule has 4 nitrogen and oxygen atoms in total. The average Bonchev–Trinajstić information content (AvgIpc) is 3.06. The van der Waals surface area contributed by atoms with Crippen LogP contribution in [0.5, 0.6) is 0 Å². The summed E-state index contributed by atoms with van der Waals surface area (Å²) in [4.78, 5) is 14.8. The molecule has 1 fully saturated rings. The van der Waals surface area contributed by atoms with Crippen molar-refractivity contribution in [2.24, 2.45) is 10.2 Å². The number of amidine groups is 1. The van der Waals surface area contributed by atoms with Gasteiger partial charge in [-0.05, 0) is 35.2 Å². The molecule has 30 heavy (non-hydrogen) atoms. The Morgan fingerprint density at radius 3 is 2.27 bits per heavy atom. The number of hydrogen-bond donors (Lipinski definition) is 0. The van der Waals surface area contributed by atoms with Gasteiger partial charge >= 0.3 is 0 Å². The number of rotatable bonds is 6. The van der Waals surface area contributed by atoms with E-state index in [0.29, 0.717) is 18.1 Å². The standard InChI is InChI=1S/C24H20FN3OS/c25-21-13-11-18(12-14-21)15-22-23(29)28(17-20-9-5-2-6-10-20)24(30-22)27-26-16-19-7-3-1-4-8-19/h1-14,16,22H,15,17H2/b26-16-,27-24-/t22-/m0/s1.